The maximum Gasteiger partial charge on any atom is 0.126 e. The molecule has 2 atom stereocenters. The Balaban J connectivity index is 2.78. The first-order chi connectivity index (χ1) is 5.37. The Bertz CT molecular complexity index is 212. The van der Waals surface area contributed by atoms with Crippen LogP contribution in [0.4, 0.5) is 0 Å². The Morgan fingerprint density at radius 2 is 2.00 bits per heavy atom. The third-order valence-electron chi connectivity index (χ3n) is 2.63. The number of rotatable bonds is 0. The molecule has 0 radical (unpaired) electrons. The molecule has 0 aliphatic heterocycles. The first-order valence-corrected chi connectivity index (χ1v) is 4.57. The van der Waals surface area contributed by atoms with Crippen LogP contribution in [0.2, 0.25) is 0 Å². The molecule has 1 fully saturated rings. The fourth-order valence-corrected chi connectivity index (χ4v) is 2.64. The maximum absolute atomic E-state index is 9.95. The van der Waals surface area contributed by atoms with E-state index < -0.39 is 5.60 Å². The van der Waals surface area contributed by atoms with Crippen molar-refractivity contribution in [3.63, 3.8) is 0 Å². The lowest BCUT2D eigenvalue weighted by Gasteiger charge is -2.41. The average molecular weight is 166 g/mol. The monoisotopic (exact) mass is 166 g/mol. The van der Waals surface area contributed by atoms with Gasteiger partial charge in [-0.05, 0) is 30.6 Å². The molecule has 1 aliphatic carbocycles. The van der Waals surface area contributed by atoms with Crippen LogP contribution < -0.4 is 0 Å². The molecule has 1 nitrogen and oxygen atoms in total. The van der Waals surface area contributed by atoms with Gasteiger partial charge in [-0.2, -0.15) is 0 Å². The Hall–Kier alpha value is -0.480. The molecule has 1 heteroatoms. The average Bonchev–Trinajstić information content (AvgIpc) is 1.82. The lowest BCUT2D eigenvalue weighted by molar-refractivity contribution is -0.0133. The molecule has 0 bridgehead atoms. The zero-order valence-corrected chi connectivity index (χ0v) is 8.22. The highest BCUT2D eigenvalue weighted by atomic mass is 16.3. The molecule has 0 aromatic carbocycles. The van der Waals surface area contributed by atoms with E-state index in [-0.39, 0.29) is 5.41 Å². The highest BCUT2D eigenvalue weighted by Crippen LogP contribution is 2.43. The standard InChI is InChI=1S/C11H18O/c1-5-11(12)7-9(2)6-10(3,4)8-11/h1,9,12H,6-8H2,2-4H3/t9-,11+/m1/s1. The van der Waals surface area contributed by atoms with Gasteiger partial charge < -0.3 is 5.11 Å². The fraction of sp³-hybridized carbons (Fsp3) is 0.818. The molecule has 0 heterocycles. The van der Waals surface area contributed by atoms with Crippen LogP contribution in [-0.2, 0) is 0 Å². The second-order valence-corrected chi connectivity index (χ2v) is 5.03. The predicted octanol–water partition coefficient (Wildman–Crippen LogP) is 2.20. The third kappa shape index (κ3) is 2.01. The Labute approximate surface area is 75.2 Å². The van der Waals surface area contributed by atoms with Crippen LogP contribution in [0, 0.1) is 23.7 Å². The molecule has 0 amide bonds. The summed E-state index contributed by atoms with van der Waals surface area (Å²) in [7, 11) is 0. The van der Waals surface area contributed by atoms with Crippen LogP contribution in [0.5, 0.6) is 0 Å². The molecule has 0 saturated heterocycles. The maximum atomic E-state index is 9.95. The molecule has 0 spiro atoms. The molecule has 1 N–H and O–H groups in total. The van der Waals surface area contributed by atoms with Crippen molar-refractivity contribution in [1.29, 1.82) is 0 Å². The minimum absolute atomic E-state index is 0.193. The van der Waals surface area contributed by atoms with Crippen LogP contribution in [0.25, 0.3) is 0 Å². The van der Waals surface area contributed by atoms with E-state index in [2.05, 4.69) is 26.7 Å². The van der Waals surface area contributed by atoms with Crippen molar-refractivity contribution in [2.24, 2.45) is 11.3 Å². The number of aliphatic hydroxyl groups is 1. The first kappa shape index (κ1) is 9.61. The molecule has 0 aromatic heterocycles. The molecule has 68 valence electrons. The van der Waals surface area contributed by atoms with Crippen molar-refractivity contribution < 1.29 is 5.11 Å². The van der Waals surface area contributed by atoms with E-state index in [1.807, 2.05) is 0 Å². The van der Waals surface area contributed by atoms with Crippen LogP contribution in [0.1, 0.15) is 40.0 Å². The Morgan fingerprint density at radius 3 is 2.42 bits per heavy atom. The summed E-state index contributed by atoms with van der Waals surface area (Å²) < 4.78 is 0. The zero-order valence-electron chi connectivity index (χ0n) is 8.22. The third-order valence-corrected chi connectivity index (χ3v) is 2.63. The van der Waals surface area contributed by atoms with Crippen molar-refractivity contribution in [1.82, 2.24) is 0 Å². The molecular formula is C11H18O. The topological polar surface area (TPSA) is 20.2 Å². The van der Waals surface area contributed by atoms with E-state index in [1.54, 1.807) is 0 Å². The summed E-state index contributed by atoms with van der Waals surface area (Å²) in [5.41, 5.74) is -0.653. The van der Waals surface area contributed by atoms with Crippen molar-refractivity contribution in [2.45, 2.75) is 45.6 Å². The van der Waals surface area contributed by atoms with E-state index in [9.17, 15) is 5.11 Å². The number of terminal acetylenes is 1. The Kier molecular flexibility index (Phi) is 2.23. The smallest absolute Gasteiger partial charge is 0.126 e. The highest BCUT2D eigenvalue weighted by molar-refractivity contribution is 5.11. The lowest BCUT2D eigenvalue weighted by Crippen LogP contribution is -2.40. The van der Waals surface area contributed by atoms with Gasteiger partial charge in [0.25, 0.3) is 0 Å². The molecule has 1 aliphatic rings. The summed E-state index contributed by atoms with van der Waals surface area (Å²) in [6.45, 7) is 6.50. The summed E-state index contributed by atoms with van der Waals surface area (Å²) in [6, 6.07) is 0. The van der Waals surface area contributed by atoms with Gasteiger partial charge in [-0.25, -0.2) is 0 Å². The SMILES string of the molecule is C#C[C@]1(O)C[C@H](C)CC(C)(C)C1. The minimum Gasteiger partial charge on any atom is -0.378 e. The van der Waals surface area contributed by atoms with Gasteiger partial charge in [0.2, 0.25) is 0 Å². The van der Waals surface area contributed by atoms with Crippen molar-refractivity contribution in [3.05, 3.63) is 0 Å². The lowest BCUT2D eigenvalue weighted by atomic mass is 9.66. The van der Waals surface area contributed by atoms with E-state index >= 15 is 0 Å². The zero-order chi connectivity index (χ0) is 9.41. The van der Waals surface area contributed by atoms with Gasteiger partial charge in [-0.3, -0.25) is 0 Å². The summed E-state index contributed by atoms with van der Waals surface area (Å²) in [6.07, 6.45) is 7.98. The fourth-order valence-electron chi connectivity index (χ4n) is 2.64. The van der Waals surface area contributed by atoms with Gasteiger partial charge in [0, 0.05) is 0 Å². The van der Waals surface area contributed by atoms with E-state index in [1.165, 1.54) is 0 Å². The highest BCUT2D eigenvalue weighted by Gasteiger charge is 2.40. The van der Waals surface area contributed by atoms with Gasteiger partial charge in [0.05, 0.1) is 0 Å². The van der Waals surface area contributed by atoms with Gasteiger partial charge in [-0.15, -0.1) is 6.42 Å². The predicted molar refractivity (Wildman–Crippen MR) is 50.6 cm³/mol. The summed E-state index contributed by atoms with van der Waals surface area (Å²) >= 11 is 0. The first-order valence-electron chi connectivity index (χ1n) is 4.57. The second kappa shape index (κ2) is 2.78. The summed E-state index contributed by atoms with van der Waals surface area (Å²) in [4.78, 5) is 0. The van der Waals surface area contributed by atoms with Gasteiger partial charge in [0.15, 0.2) is 0 Å². The molecule has 1 saturated carbocycles. The summed E-state index contributed by atoms with van der Waals surface area (Å²) in [5.74, 6) is 3.06. The van der Waals surface area contributed by atoms with Crippen molar-refractivity contribution in [3.8, 4) is 12.3 Å². The van der Waals surface area contributed by atoms with Crippen LogP contribution in [-0.4, -0.2) is 10.7 Å². The van der Waals surface area contributed by atoms with E-state index in [0.29, 0.717) is 5.92 Å². The quantitative estimate of drug-likeness (QED) is 0.547. The van der Waals surface area contributed by atoms with Gasteiger partial charge in [-0.1, -0.05) is 26.7 Å². The van der Waals surface area contributed by atoms with Gasteiger partial charge >= 0.3 is 0 Å². The summed E-state index contributed by atoms with van der Waals surface area (Å²) in [5, 5.41) is 9.95. The molecule has 0 aromatic rings. The van der Waals surface area contributed by atoms with Crippen molar-refractivity contribution >= 4 is 0 Å². The van der Waals surface area contributed by atoms with E-state index in [0.717, 1.165) is 19.3 Å². The molecule has 0 unspecified atom stereocenters. The van der Waals surface area contributed by atoms with Crippen molar-refractivity contribution in [2.75, 3.05) is 0 Å². The normalized spacial score (nSPS) is 40.4. The van der Waals surface area contributed by atoms with Crippen LogP contribution in [0.3, 0.4) is 0 Å². The van der Waals surface area contributed by atoms with Crippen LogP contribution >= 0.6 is 0 Å². The van der Waals surface area contributed by atoms with E-state index in [4.69, 9.17) is 6.42 Å². The molecule has 12 heavy (non-hydrogen) atoms. The number of hydrogen-bond acceptors (Lipinski definition) is 1. The second-order valence-electron chi connectivity index (χ2n) is 5.03. The largest absolute Gasteiger partial charge is 0.378 e. The van der Waals surface area contributed by atoms with Gasteiger partial charge in [0.1, 0.15) is 5.60 Å². The number of hydrogen-bond donors (Lipinski definition) is 1. The molecule has 1 rings (SSSR count). The minimum atomic E-state index is -0.846. The Morgan fingerprint density at radius 1 is 1.42 bits per heavy atom. The molecular weight excluding hydrogens is 148 g/mol. The van der Waals surface area contributed by atoms with Crippen LogP contribution in [0.15, 0.2) is 0 Å².